The van der Waals surface area contributed by atoms with Crippen molar-refractivity contribution in [2.45, 2.75) is 12.8 Å². The first-order valence-electron chi connectivity index (χ1n) is 9.86. The summed E-state index contributed by atoms with van der Waals surface area (Å²) >= 11 is 6.23. The van der Waals surface area contributed by atoms with Gasteiger partial charge in [0.15, 0.2) is 5.75 Å². The van der Waals surface area contributed by atoms with Crippen LogP contribution in [0.2, 0.25) is 5.02 Å². The van der Waals surface area contributed by atoms with Crippen molar-refractivity contribution >= 4 is 47.5 Å². The van der Waals surface area contributed by atoms with Crippen molar-refractivity contribution in [2.75, 3.05) is 33.2 Å². The average molecular weight is 482 g/mol. The van der Waals surface area contributed by atoms with Crippen LogP contribution in [0, 0.1) is 0 Å². The van der Waals surface area contributed by atoms with Crippen LogP contribution in [0.4, 0.5) is 5.69 Å². The van der Waals surface area contributed by atoms with Crippen molar-refractivity contribution in [3.05, 3.63) is 53.1 Å². The highest BCUT2D eigenvalue weighted by atomic mass is 35.5. The molecule has 8 nitrogen and oxygen atoms in total. The van der Waals surface area contributed by atoms with Crippen molar-refractivity contribution in [2.24, 2.45) is 4.99 Å². The standard InChI is InChI=1S/C18H18ClN3O.C4H6O4.ClH/c1-21-8-10-22(11-9-21)18-14-12-13(19)6-7-16(14)23-17-5-3-2-4-15(17)20-18;5-3(6)1-2-4(7)8;/h2-7,12H,8-11H2,1H3;1-2H2,(H,5,6)(H,7,8);1H. The van der Waals surface area contributed by atoms with Crippen LogP contribution in [0.5, 0.6) is 11.5 Å². The van der Waals surface area contributed by atoms with E-state index in [9.17, 15) is 9.59 Å². The molecule has 0 saturated carbocycles. The Balaban J connectivity index is 0.000000350. The Morgan fingerprint density at radius 2 is 1.62 bits per heavy atom. The fourth-order valence-corrected chi connectivity index (χ4v) is 3.34. The van der Waals surface area contributed by atoms with Gasteiger partial charge in [-0.1, -0.05) is 23.7 Å². The minimum absolute atomic E-state index is 0. The second-order valence-electron chi connectivity index (χ2n) is 7.22. The van der Waals surface area contributed by atoms with Gasteiger partial charge in [0.1, 0.15) is 17.3 Å². The molecule has 4 rings (SSSR count). The number of carbonyl (C=O) groups is 2. The minimum Gasteiger partial charge on any atom is -0.481 e. The summed E-state index contributed by atoms with van der Waals surface area (Å²) in [6.45, 7) is 3.95. The lowest BCUT2D eigenvalue weighted by atomic mass is 10.1. The van der Waals surface area contributed by atoms with E-state index < -0.39 is 11.9 Å². The quantitative estimate of drug-likeness (QED) is 0.678. The van der Waals surface area contributed by atoms with E-state index in [0.717, 1.165) is 54.8 Å². The Hall–Kier alpha value is -2.81. The molecular formula is C22H25Cl2N3O5. The van der Waals surface area contributed by atoms with Crippen LogP contribution < -0.4 is 4.74 Å². The zero-order valence-corrected chi connectivity index (χ0v) is 19.1. The lowest BCUT2D eigenvalue weighted by molar-refractivity contribution is -0.143. The smallest absolute Gasteiger partial charge is 0.303 e. The number of likely N-dealkylation sites (N-methyl/N-ethyl adjacent to an activating group) is 1. The van der Waals surface area contributed by atoms with Gasteiger partial charge in [0, 0.05) is 31.2 Å². The number of benzene rings is 2. The predicted octanol–water partition coefficient (Wildman–Crippen LogP) is 4.13. The molecule has 2 aliphatic heterocycles. The number of ether oxygens (including phenoxy) is 1. The highest BCUT2D eigenvalue weighted by Gasteiger charge is 2.25. The molecule has 0 bridgehead atoms. The molecule has 0 unspecified atom stereocenters. The number of aliphatic carboxylic acids is 2. The first-order valence-corrected chi connectivity index (χ1v) is 10.2. The summed E-state index contributed by atoms with van der Waals surface area (Å²) in [5, 5.41) is 16.5. The van der Waals surface area contributed by atoms with Gasteiger partial charge in [-0.2, -0.15) is 0 Å². The van der Waals surface area contributed by atoms with E-state index in [1.807, 2.05) is 42.5 Å². The molecule has 0 atom stereocenters. The van der Waals surface area contributed by atoms with Gasteiger partial charge < -0.3 is 24.7 Å². The lowest BCUT2D eigenvalue weighted by Gasteiger charge is -2.34. The predicted molar refractivity (Wildman–Crippen MR) is 125 cm³/mol. The molecule has 32 heavy (non-hydrogen) atoms. The zero-order chi connectivity index (χ0) is 22.4. The molecule has 1 saturated heterocycles. The average Bonchev–Trinajstić information content (AvgIpc) is 2.90. The van der Waals surface area contributed by atoms with E-state index in [-0.39, 0.29) is 25.2 Å². The maximum atomic E-state index is 9.64. The van der Waals surface area contributed by atoms with E-state index in [4.69, 9.17) is 31.5 Å². The first-order chi connectivity index (χ1) is 14.8. The van der Waals surface area contributed by atoms with Gasteiger partial charge in [-0.25, -0.2) is 4.99 Å². The van der Waals surface area contributed by atoms with Crippen molar-refractivity contribution in [1.82, 2.24) is 9.80 Å². The summed E-state index contributed by atoms with van der Waals surface area (Å²) in [6, 6.07) is 13.6. The van der Waals surface area contributed by atoms with Crippen LogP contribution >= 0.6 is 24.0 Å². The minimum atomic E-state index is -1.08. The van der Waals surface area contributed by atoms with E-state index >= 15 is 0 Å². The second-order valence-corrected chi connectivity index (χ2v) is 7.66. The van der Waals surface area contributed by atoms with Crippen LogP contribution in [0.25, 0.3) is 0 Å². The Kier molecular flexibility index (Phi) is 9.31. The maximum absolute atomic E-state index is 9.64. The molecule has 2 aliphatic rings. The van der Waals surface area contributed by atoms with Gasteiger partial charge in [0.25, 0.3) is 0 Å². The fraction of sp³-hybridized carbons (Fsp3) is 0.318. The van der Waals surface area contributed by atoms with Crippen molar-refractivity contribution < 1.29 is 24.5 Å². The van der Waals surface area contributed by atoms with Crippen LogP contribution in [0.15, 0.2) is 47.5 Å². The number of nitrogens with zero attached hydrogens (tertiary/aromatic N) is 3. The Bertz CT molecular complexity index is 977. The molecule has 0 aliphatic carbocycles. The van der Waals surface area contributed by atoms with Gasteiger partial charge in [-0.05, 0) is 37.4 Å². The van der Waals surface area contributed by atoms with Gasteiger partial charge in [0.2, 0.25) is 0 Å². The monoisotopic (exact) mass is 481 g/mol. The van der Waals surface area contributed by atoms with E-state index in [2.05, 4.69) is 16.8 Å². The van der Waals surface area contributed by atoms with E-state index in [0.29, 0.717) is 5.02 Å². The normalized spacial score (nSPS) is 14.8. The molecule has 0 radical (unpaired) electrons. The third kappa shape index (κ3) is 6.85. The van der Waals surface area contributed by atoms with Gasteiger partial charge >= 0.3 is 11.9 Å². The van der Waals surface area contributed by atoms with Crippen molar-refractivity contribution in [3.8, 4) is 11.5 Å². The van der Waals surface area contributed by atoms with Crippen LogP contribution in [0.3, 0.4) is 0 Å². The SMILES string of the molecule is CN1CCN(C2=Nc3ccccc3Oc3ccc(Cl)cc32)CC1.Cl.O=C(O)CCC(=O)O. The summed E-state index contributed by atoms with van der Waals surface area (Å²) in [5.74, 6) is 0.373. The van der Waals surface area contributed by atoms with Gasteiger partial charge in [-0.3, -0.25) is 9.59 Å². The second kappa shape index (κ2) is 11.7. The molecule has 2 heterocycles. The number of piperazine rings is 1. The first kappa shape index (κ1) is 25.5. The molecule has 0 amide bonds. The molecule has 2 aromatic rings. The van der Waals surface area contributed by atoms with Crippen LogP contribution in [-0.4, -0.2) is 71.0 Å². The molecule has 1 fully saturated rings. The summed E-state index contributed by atoms with van der Waals surface area (Å²) in [5.41, 5.74) is 1.81. The number of carboxylic acids is 2. The maximum Gasteiger partial charge on any atom is 0.303 e. The van der Waals surface area contributed by atoms with E-state index in [1.54, 1.807) is 0 Å². The summed E-state index contributed by atoms with van der Waals surface area (Å²) in [7, 11) is 2.15. The third-order valence-corrected chi connectivity index (χ3v) is 5.08. The zero-order valence-electron chi connectivity index (χ0n) is 17.5. The molecule has 0 spiro atoms. The Morgan fingerprint density at radius 3 is 2.25 bits per heavy atom. The van der Waals surface area contributed by atoms with Crippen LogP contribution in [0.1, 0.15) is 18.4 Å². The Morgan fingerprint density at radius 1 is 1.00 bits per heavy atom. The highest BCUT2D eigenvalue weighted by molar-refractivity contribution is 6.31. The molecule has 2 aromatic carbocycles. The number of amidine groups is 1. The lowest BCUT2D eigenvalue weighted by Crippen LogP contribution is -2.47. The summed E-state index contributed by atoms with van der Waals surface area (Å²) in [4.78, 5) is 28.8. The van der Waals surface area contributed by atoms with E-state index in [1.165, 1.54) is 0 Å². The topological polar surface area (TPSA) is 103 Å². The fourth-order valence-electron chi connectivity index (χ4n) is 3.17. The van der Waals surface area contributed by atoms with Gasteiger partial charge in [0.05, 0.1) is 18.4 Å². The van der Waals surface area contributed by atoms with Gasteiger partial charge in [-0.15, -0.1) is 12.4 Å². The number of hydrogen-bond donors (Lipinski definition) is 2. The number of carboxylic acid groups (broad SMARTS) is 2. The molecular weight excluding hydrogens is 457 g/mol. The number of halogens is 2. The number of rotatable bonds is 3. The number of fused-ring (bicyclic) bond motifs is 2. The third-order valence-electron chi connectivity index (χ3n) is 4.85. The highest BCUT2D eigenvalue weighted by Crippen LogP contribution is 2.38. The summed E-state index contributed by atoms with van der Waals surface area (Å²) < 4.78 is 6.09. The van der Waals surface area contributed by atoms with Crippen molar-refractivity contribution in [1.29, 1.82) is 0 Å². The number of aliphatic imine (C=N–C) groups is 1. The molecule has 172 valence electrons. The molecule has 10 heteroatoms. The largest absolute Gasteiger partial charge is 0.481 e. The number of hydrogen-bond acceptors (Lipinski definition) is 6. The Labute approximate surface area is 197 Å². The van der Waals surface area contributed by atoms with Crippen LogP contribution in [-0.2, 0) is 9.59 Å². The molecule has 2 N–H and O–H groups in total. The van der Waals surface area contributed by atoms with Crippen molar-refractivity contribution in [3.63, 3.8) is 0 Å². The number of para-hydroxylation sites is 2. The summed E-state index contributed by atoms with van der Waals surface area (Å²) in [6.07, 6.45) is -0.593. The molecule has 0 aromatic heterocycles.